The van der Waals surface area contributed by atoms with E-state index in [9.17, 15) is 17.2 Å². The Bertz CT molecular complexity index is 1180. The third-order valence-corrected chi connectivity index (χ3v) is 7.56. The Balaban J connectivity index is 1.49. The van der Waals surface area contributed by atoms with Crippen molar-refractivity contribution in [1.29, 1.82) is 0 Å². The van der Waals surface area contributed by atoms with Crippen molar-refractivity contribution in [3.63, 3.8) is 0 Å². The molecular weight excluding hydrogens is 482 g/mol. The van der Waals surface area contributed by atoms with E-state index in [2.05, 4.69) is 20.2 Å². The van der Waals surface area contributed by atoms with Gasteiger partial charge in [0.05, 0.1) is 6.61 Å². The highest BCUT2D eigenvalue weighted by Gasteiger charge is 2.28. The maximum Gasteiger partial charge on any atom is 0.266 e. The van der Waals surface area contributed by atoms with Gasteiger partial charge in [0.25, 0.3) is 10.0 Å². The average Bonchev–Trinajstić information content (AvgIpc) is 3.27. The molecule has 2 aromatic carbocycles. The summed E-state index contributed by atoms with van der Waals surface area (Å²) in [6.07, 6.45) is 0.862. The highest BCUT2D eigenvalue weighted by atomic mass is 35.5. The normalized spacial score (nSPS) is 19.0. The predicted octanol–water partition coefficient (Wildman–Crippen LogP) is 4.04. The van der Waals surface area contributed by atoms with Gasteiger partial charge in [-0.25, -0.2) is 17.2 Å². The first-order valence-corrected chi connectivity index (χ1v) is 12.4. The van der Waals surface area contributed by atoms with Crippen LogP contribution in [0.1, 0.15) is 17.9 Å². The number of benzene rings is 2. The Labute approximate surface area is 192 Å². The van der Waals surface area contributed by atoms with Gasteiger partial charge in [-0.05, 0) is 36.6 Å². The number of sulfonamides is 1. The number of aromatic nitrogens is 2. The molecule has 1 aromatic heterocycles. The highest BCUT2D eigenvalue weighted by Crippen LogP contribution is 2.33. The molecule has 1 aliphatic heterocycles. The zero-order chi connectivity index (χ0) is 22.7. The van der Waals surface area contributed by atoms with Crippen molar-refractivity contribution in [2.24, 2.45) is 5.92 Å². The molecule has 1 fully saturated rings. The molecule has 1 saturated heterocycles. The van der Waals surface area contributed by atoms with E-state index in [1.807, 2.05) is 24.3 Å². The van der Waals surface area contributed by atoms with E-state index in [0.717, 1.165) is 35.9 Å². The minimum absolute atomic E-state index is 0.00913. The topological polar surface area (TPSA) is 93.2 Å². The Morgan fingerprint density at radius 2 is 2.00 bits per heavy atom. The van der Waals surface area contributed by atoms with E-state index in [4.69, 9.17) is 16.3 Å². The van der Waals surface area contributed by atoms with Crippen LogP contribution in [0.25, 0.3) is 0 Å². The zero-order valence-electron chi connectivity index (χ0n) is 16.6. The van der Waals surface area contributed by atoms with Crippen LogP contribution in [-0.4, -0.2) is 38.3 Å². The molecule has 0 bridgehead atoms. The van der Waals surface area contributed by atoms with Crippen LogP contribution in [0.5, 0.6) is 5.75 Å². The quantitative estimate of drug-likeness (QED) is 0.508. The highest BCUT2D eigenvalue weighted by molar-refractivity contribution is 7.93. The second kappa shape index (κ2) is 9.65. The molecule has 2 atom stereocenters. The summed E-state index contributed by atoms with van der Waals surface area (Å²) in [7, 11) is -4.37. The molecule has 32 heavy (non-hydrogen) atoms. The molecule has 0 aliphatic carbocycles. The molecule has 0 spiro atoms. The van der Waals surface area contributed by atoms with Crippen molar-refractivity contribution >= 4 is 38.1 Å². The van der Waals surface area contributed by atoms with Crippen LogP contribution in [0.2, 0.25) is 5.02 Å². The van der Waals surface area contributed by atoms with Gasteiger partial charge in [-0.2, -0.15) is 0 Å². The molecule has 3 aromatic rings. The van der Waals surface area contributed by atoms with Crippen LogP contribution < -0.4 is 14.8 Å². The van der Waals surface area contributed by atoms with Crippen LogP contribution in [0.4, 0.5) is 13.9 Å². The van der Waals surface area contributed by atoms with Gasteiger partial charge in [0.15, 0.2) is 11.6 Å². The lowest BCUT2D eigenvalue weighted by Gasteiger charge is -2.32. The van der Waals surface area contributed by atoms with Gasteiger partial charge in [0.2, 0.25) is 5.13 Å². The summed E-state index contributed by atoms with van der Waals surface area (Å²) in [6, 6.07) is 8.90. The van der Waals surface area contributed by atoms with Crippen molar-refractivity contribution in [3.05, 3.63) is 64.1 Å². The van der Waals surface area contributed by atoms with Gasteiger partial charge in [0, 0.05) is 29.6 Å². The summed E-state index contributed by atoms with van der Waals surface area (Å²) >= 11 is 6.89. The number of ether oxygens (including phenoxy) is 1. The van der Waals surface area contributed by atoms with E-state index in [1.165, 1.54) is 5.51 Å². The molecular formula is C20H19ClF2N4O3S2. The number of halogens is 3. The van der Waals surface area contributed by atoms with Gasteiger partial charge >= 0.3 is 0 Å². The molecule has 2 unspecified atom stereocenters. The summed E-state index contributed by atoms with van der Waals surface area (Å²) in [4.78, 5) is -0.837. The number of hydrogen-bond donors (Lipinski definition) is 2. The third kappa shape index (κ3) is 5.17. The fourth-order valence-corrected chi connectivity index (χ4v) is 5.55. The van der Waals surface area contributed by atoms with Gasteiger partial charge in [-0.3, -0.25) is 4.72 Å². The Hall–Kier alpha value is -2.34. The smallest absolute Gasteiger partial charge is 0.266 e. The molecule has 12 heteroatoms. The van der Waals surface area contributed by atoms with E-state index >= 15 is 0 Å². The minimum atomic E-state index is -4.37. The number of nitrogens with zero attached hydrogens (tertiary/aromatic N) is 2. The molecule has 170 valence electrons. The second-order valence-electron chi connectivity index (χ2n) is 7.28. The van der Waals surface area contributed by atoms with Crippen LogP contribution in [0.3, 0.4) is 0 Å². The van der Waals surface area contributed by atoms with E-state index in [1.54, 1.807) is 0 Å². The Morgan fingerprint density at radius 1 is 1.22 bits per heavy atom. The fraction of sp³-hybridized carbons (Fsp3) is 0.300. The van der Waals surface area contributed by atoms with Crippen molar-refractivity contribution in [3.8, 4) is 5.75 Å². The van der Waals surface area contributed by atoms with Gasteiger partial charge < -0.3 is 10.1 Å². The minimum Gasteiger partial charge on any atom is -0.490 e. The second-order valence-corrected chi connectivity index (χ2v) is 10.2. The van der Waals surface area contributed by atoms with Crippen LogP contribution >= 0.6 is 22.9 Å². The maximum atomic E-state index is 14.6. The van der Waals surface area contributed by atoms with Crippen molar-refractivity contribution in [2.75, 3.05) is 24.4 Å². The monoisotopic (exact) mass is 500 g/mol. The predicted molar refractivity (Wildman–Crippen MR) is 118 cm³/mol. The number of rotatable bonds is 7. The Morgan fingerprint density at radius 3 is 2.72 bits per heavy atom. The molecule has 0 saturated carbocycles. The molecule has 2 N–H and O–H groups in total. The van der Waals surface area contributed by atoms with Gasteiger partial charge in [-0.1, -0.05) is 35.1 Å². The van der Waals surface area contributed by atoms with Crippen molar-refractivity contribution in [2.45, 2.75) is 17.2 Å². The lowest BCUT2D eigenvalue weighted by Crippen LogP contribution is -2.38. The molecule has 7 nitrogen and oxygen atoms in total. The number of nitrogens with one attached hydrogen (secondary N) is 2. The maximum absolute atomic E-state index is 14.6. The van der Waals surface area contributed by atoms with Crippen LogP contribution in [-0.2, 0) is 10.0 Å². The van der Waals surface area contributed by atoms with E-state index in [0.29, 0.717) is 17.6 Å². The summed E-state index contributed by atoms with van der Waals surface area (Å²) in [5, 5.41) is 10.9. The molecule has 2 heterocycles. The summed E-state index contributed by atoms with van der Waals surface area (Å²) < 4.78 is 61.6. The average molecular weight is 501 g/mol. The van der Waals surface area contributed by atoms with E-state index < -0.39 is 26.6 Å². The first-order valence-electron chi connectivity index (χ1n) is 9.70. The fourth-order valence-electron chi connectivity index (χ4n) is 3.66. The molecule has 1 aliphatic rings. The van der Waals surface area contributed by atoms with Crippen molar-refractivity contribution in [1.82, 2.24) is 15.5 Å². The lowest BCUT2D eigenvalue weighted by atomic mass is 9.81. The summed E-state index contributed by atoms with van der Waals surface area (Å²) in [5.74, 6) is -2.28. The number of anilines is 1. The molecule has 0 radical (unpaired) electrons. The SMILES string of the molecule is O=S(=O)(Nc1nncs1)c1cc(F)c(OCC2CNCCC2c2ccc(Cl)cc2)cc1F. The van der Waals surface area contributed by atoms with Gasteiger partial charge in [-0.15, -0.1) is 10.2 Å². The largest absolute Gasteiger partial charge is 0.490 e. The third-order valence-electron chi connectivity index (χ3n) is 5.22. The summed E-state index contributed by atoms with van der Waals surface area (Å²) in [6.45, 7) is 1.61. The number of hydrogen-bond acceptors (Lipinski definition) is 7. The standard InChI is InChI=1S/C20H19ClF2N4O3S2/c21-14-3-1-12(2-4-14)15-5-6-24-9-13(15)10-30-18-7-17(23)19(8-16(18)22)32(28,29)27-20-26-25-11-31-20/h1-4,7-8,11,13,15,24H,5-6,9-10H2,(H,26,27). The van der Waals surface area contributed by atoms with Crippen molar-refractivity contribution < 1.29 is 21.9 Å². The van der Waals surface area contributed by atoms with Crippen LogP contribution in [0.15, 0.2) is 46.8 Å². The summed E-state index contributed by atoms with van der Waals surface area (Å²) in [5.41, 5.74) is 2.41. The lowest BCUT2D eigenvalue weighted by molar-refractivity contribution is 0.190. The molecule has 4 rings (SSSR count). The first-order chi connectivity index (χ1) is 15.3. The van der Waals surface area contributed by atoms with E-state index in [-0.39, 0.29) is 29.3 Å². The Kier molecular flexibility index (Phi) is 6.89. The van der Waals surface area contributed by atoms with Gasteiger partial charge in [0.1, 0.15) is 16.2 Å². The number of piperidine rings is 1. The molecule has 0 amide bonds. The zero-order valence-corrected chi connectivity index (χ0v) is 19.0. The van der Waals surface area contributed by atoms with Crippen LogP contribution in [0, 0.1) is 17.6 Å². The first kappa shape index (κ1) is 22.8.